The van der Waals surface area contributed by atoms with Crippen LogP contribution in [0.25, 0.3) is 10.1 Å². The lowest BCUT2D eigenvalue weighted by Gasteiger charge is -2.15. The van der Waals surface area contributed by atoms with Gasteiger partial charge < -0.3 is 4.90 Å². The zero-order valence-corrected chi connectivity index (χ0v) is 12.2. The van der Waals surface area contributed by atoms with Gasteiger partial charge in [0.1, 0.15) is 0 Å². The maximum atomic E-state index is 12.6. The van der Waals surface area contributed by atoms with Crippen LogP contribution in [-0.2, 0) is 0 Å². The molecule has 4 rings (SSSR count). The fourth-order valence-corrected chi connectivity index (χ4v) is 3.83. The Morgan fingerprint density at radius 1 is 1.33 bits per heavy atom. The first kappa shape index (κ1) is 12.5. The van der Waals surface area contributed by atoms with Crippen molar-refractivity contribution in [2.75, 3.05) is 13.1 Å². The van der Waals surface area contributed by atoms with Crippen molar-refractivity contribution in [2.45, 2.75) is 12.5 Å². The van der Waals surface area contributed by atoms with E-state index in [1.807, 2.05) is 40.0 Å². The molecule has 1 amide bonds. The summed E-state index contributed by atoms with van der Waals surface area (Å²) < 4.78 is 3.01. The molecule has 0 saturated carbocycles. The molecule has 3 aromatic rings. The number of fused-ring (bicyclic) bond motifs is 1. The zero-order valence-electron chi connectivity index (χ0n) is 11.3. The highest BCUT2D eigenvalue weighted by molar-refractivity contribution is 7.20. The van der Waals surface area contributed by atoms with Gasteiger partial charge in [-0.05, 0) is 23.9 Å². The number of nitrogens with zero attached hydrogens (tertiary/aromatic N) is 4. The third-order valence-corrected chi connectivity index (χ3v) is 5.01. The molecule has 0 unspecified atom stereocenters. The van der Waals surface area contributed by atoms with Crippen LogP contribution < -0.4 is 0 Å². The summed E-state index contributed by atoms with van der Waals surface area (Å²) in [5.41, 5.74) is 0. The predicted molar refractivity (Wildman–Crippen MR) is 81.4 cm³/mol. The van der Waals surface area contributed by atoms with E-state index in [1.54, 1.807) is 17.5 Å². The molecule has 21 heavy (non-hydrogen) atoms. The number of benzene rings is 1. The normalized spacial score (nSPS) is 18.5. The van der Waals surface area contributed by atoms with Gasteiger partial charge in [0.2, 0.25) is 0 Å². The van der Waals surface area contributed by atoms with Gasteiger partial charge >= 0.3 is 0 Å². The molecule has 1 saturated heterocycles. The van der Waals surface area contributed by atoms with E-state index in [-0.39, 0.29) is 11.9 Å². The van der Waals surface area contributed by atoms with Crippen LogP contribution in [0.3, 0.4) is 0 Å². The number of amides is 1. The molecule has 1 aromatic carbocycles. The number of thiophene rings is 1. The monoisotopic (exact) mass is 298 g/mol. The van der Waals surface area contributed by atoms with Crippen molar-refractivity contribution in [1.82, 2.24) is 19.9 Å². The molecule has 106 valence electrons. The Morgan fingerprint density at radius 2 is 2.24 bits per heavy atom. The lowest BCUT2D eigenvalue weighted by Crippen LogP contribution is -2.28. The minimum Gasteiger partial charge on any atom is -0.336 e. The molecule has 0 N–H and O–H groups in total. The summed E-state index contributed by atoms with van der Waals surface area (Å²) in [6.45, 7) is 1.48. The number of hydrogen-bond acceptors (Lipinski definition) is 4. The van der Waals surface area contributed by atoms with Crippen molar-refractivity contribution in [3.05, 3.63) is 47.6 Å². The third kappa shape index (κ3) is 2.21. The van der Waals surface area contributed by atoms with Crippen molar-refractivity contribution in [1.29, 1.82) is 0 Å². The average Bonchev–Trinajstić information content (AvgIpc) is 3.24. The maximum absolute atomic E-state index is 12.6. The van der Waals surface area contributed by atoms with E-state index in [0.29, 0.717) is 6.54 Å². The summed E-state index contributed by atoms with van der Waals surface area (Å²) in [5, 5.41) is 9.00. The highest BCUT2D eigenvalue weighted by Crippen LogP contribution is 2.28. The highest BCUT2D eigenvalue weighted by Gasteiger charge is 2.29. The molecule has 1 aliphatic heterocycles. The van der Waals surface area contributed by atoms with Gasteiger partial charge in [-0.15, -0.1) is 16.4 Å². The van der Waals surface area contributed by atoms with Crippen molar-refractivity contribution in [2.24, 2.45) is 0 Å². The number of carbonyl (C=O) groups is 1. The molecular weight excluding hydrogens is 284 g/mol. The largest absolute Gasteiger partial charge is 0.336 e. The van der Waals surface area contributed by atoms with Crippen LogP contribution in [0.15, 0.2) is 42.7 Å². The SMILES string of the molecule is O=C(c1cc2ccccc2s1)N1CC[C@H](n2ccnn2)C1. The number of carbonyl (C=O) groups excluding carboxylic acids is 1. The summed E-state index contributed by atoms with van der Waals surface area (Å²) in [7, 11) is 0. The third-order valence-electron chi connectivity index (χ3n) is 3.90. The van der Waals surface area contributed by atoms with Gasteiger partial charge in [-0.1, -0.05) is 23.4 Å². The average molecular weight is 298 g/mol. The Hall–Kier alpha value is -2.21. The topological polar surface area (TPSA) is 51.0 Å². The minimum atomic E-state index is 0.124. The summed E-state index contributed by atoms with van der Waals surface area (Å²) in [4.78, 5) is 15.4. The lowest BCUT2D eigenvalue weighted by atomic mass is 10.2. The molecular formula is C15H14N4OS. The van der Waals surface area contributed by atoms with Gasteiger partial charge in [0.15, 0.2) is 0 Å². The van der Waals surface area contributed by atoms with E-state index in [9.17, 15) is 4.79 Å². The number of rotatable bonds is 2. The van der Waals surface area contributed by atoms with E-state index in [4.69, 9.17) is 0 Å². The Labute approximate surface area is 125 Å². The number of hydrogen-bond donors (Lipinski definition) is 0. The second-order valence-corrected chi connectivity index (χ2v) is 6.31. The molecule has 1 aliphatic rings. The summed E-state index contributed by atoms with van der Waals surface area (Å²) in [5.74, 6) is 0.124. The van der Waals surface area contributed by atoms with Gasteiger partial charge in [0.05, 0.1) is 17.1 Å². The van der Waals surface area contributed by atoms with E-state index in [2.05, 4.69) is 16.4 Å². The first-order valence-corrected chi connectivity index (χ1v) is 7.76. The van der Waals surface area contributed by atoms with Crippen LogP contribution in [0.2, 0.25) is 0 Å². The quantitative estimate of drug-likeness (QED) is 0.730. The van der Waals surface area contributed by atoms with Crippen molar-refractivity contribution >= 4 is 27.3 Å². The molecule has 6 heteroatoms. The Morgan fingerprint density at radius 3 is 3.05 bits per heavy atom. The standard InChI is InChI=1S/C15H14N4OS/c20-15(14-9-11-3-1-2-4-13(11)21-14)18-7-5-12(10-18)19-8-6-16-17-19/h1-4,6,8-9,12H,5,7,10H2/t12-/m0/s1. The van der Waals surface area contributed by atoms with Gasteiger partial charge in [-0.2, -0.15) is 0 Å². The van der Waals surface area contributed by atoms with Crippen molar-refractivity contribution in [3.8, 4) is 0 Å². The molecule has 0 aliphatic carbocycles. The molecule has 1 atom stereocenters. The molecule has 5 nitrogen and oxygen atoms in total. The molecule has 1 fully saturated rings. The van der Waals surface area contributed by atoms with Crippen molar-refractivity contribution in [3.63, 3.8) is 0 Å². The van der Waals surface area contributed by atoms with Crippen LogP contribution in [0, 0.1) is 0 Å². The summed E-state index contributed by atoms with van der Waals surface area (Å²) >= 11 is 1.56. The van der Waals surface area contributed by atoms with Gasteiger partial charge in [-0.3, -0.25) is 4.79 Å². The smallest absolute Gasteiger partial charge is 0.264 e. The van der Waals surface area contributed by atoms with Crippen LogP contribution in [0.1, 0.15) is 22.1 Å². The van der Waals surface area contributed by atoms with Crippen LogP contribution >= 0.6 is 11.3 Å². The fraction of sp³-hybridized carbons (Fsp3) is 0.267. The molecule has 3 heterocycles. The van der Waals surface area contributed by atoms with Crippen molar-refractivity contribution < 1.29 is 4.79 Å². The summed E-state index contributed by atoms with van der Waals surface area (Å²) in [6.07, 6.45) is 4.47. The molecule has 0 radical (unpaired) electrons. The minimum absolute atomic E-state index is 0.124. The van der Waals surface area contributed by atoms with E-state index in [1.165, 1.54) is 0 Å². The number of likely N-dealkylation sites (tertiary alicyclic amines) is 1. The van der Waals surface area contributed by atoms with Crippen LogP contribution in [-0.4, -0.2) is 38.9 Å². The van der Waals surface area contributed by atoms with E-state index < -0.39 is 0 Å². The lowest BCUT2D eigenvalue weighted by molar-refractivity contribution is 0.0792. The van der Waals surface area contributed by atoms with Gasteiger partial charge in [-0.25, -0.2) is 4.68 Å². The van der Waals surface area contributed by atoms with Crippen LogP contribution in [0.4, 0.5) is 0 Å². The van der Waals surface area contributed by atoms with E-state index >= 15 is 0 Å². The first-order chi connectivity index (χ1) is 10.3. The second-order valence-electron chi connectivity index (χ2n) is 5.23. The predicted octanol–water partition coefficient (Wildman–Crippen LogP) is 2.58. The fourth-order valence-electron chi connectivity index (χ4n) is 2.80. The Kier molecular flexibility index (Phi) is 2.96. The van der Waals surface area contributed by atoms with Gasteiger partial charge in [0, 0.05) is 24.0 Å². The molecule has 0 bridgehead atoms. The number of aromatic nitrogens is 3. The first-order valence-electron chi connectivity index (χ1n) is 6.95. The highest BCUT2D eigenvalue weighted by atomic mass is 32.1. The zero-order chi connectivity index (χ0) is 14.2. The van der Waals surface area contributed by atoms with E-state index in [0.717, 1.165) is 27.9 Å². The maximum Gasteiger partial charge on any atom is 0.264 e. The Bertz CT molecular complexity index is 747. The molecule has 0 spiro atoms. The van der Waals surface area contributed by atoms with Crippen LogP contribution in [0.5, 0.6) is 0 Å². The van der Waals surface area contributed by atoms with Gasteiger partial charge in [0.25, 0.3) is 5.91 Å². The summed E-state index contributed by atoms with van der Waals surface area (Å²) in [6, 6.07) is 10.3. The second kappa shape index (κ2) is 4.96. The molecule has 2 aromatic heterocycles. The Balaban J connectivity index is 1.55.